The van der Waals surface area contributed by atoms with Crippen LogP contribution in [0.15, 0.2) is 30.6 Å². The van der Waals surface area contributed by atoms with E-state index in [1.807, 2.05) is 13.8 Å². The van der Waals surface area contributed by atoms with E-state index < -0.39 is 23.1 Å². The van der Waals surface area contributed by atoms with E-state index >= 15 is 4.39 Å². The first kappa shape index (κ1) is 26.1. The molecule has 1 aromatic carbocycles. The Morgan fingerprint density at radius 1 is 1.11 bits per heavy atom. The molecule has 11 heteroatoms. The molecule has 196 valence electrons. The fraction of sp³-hybridized carbons (Fsp3) is 0.560. The molecule has 1 saturated heterocycles. The average Bonchev–Trinajstić information content (AvgIpc) is 3.67. The largest absolute Gasteiger partial charge is 0.416 e. The number of piperidine rings is 1. The number of primary amides is 1. The third-order valence-corrected chi connectivity index (χ3v) is 7.23. The molecular formula is C25H32F4N6O. The Kier molecular flexibility index (Phi) is 7.40. The molecule has 1 amide bonds. The van der Waals surface area contributed by atoms with Crippen LogP contribution in [0.1, 0.15) is 50.7 Å². The third kappa shape index (κ3) is 5.88. The second-order valence-corrected chi connectivity index (χ2v) is 10.1. The van der Waals surface area contributed by atoms with E-state index in [9.17, 15) is 18.0 Å². The van der Waals surface area contributed by atoms with Gasteiger partial charge in [-0.2, -0.15) is 17.6 Å². The first-order chi connectivity index (χ1) is 17.0. The van der Waals surface area contributed by atoms with Gasteiger partial charge in [0.25, 0.3) is 0 Å². The predicted molar refractivity (Wildman–Crippen MR) is 129 cm³/mol. The minimum atomic E-state index is -4.40. The van der Waals surface area contributed by atoms with Crippen molar-refractivity contribution >= 4 is 17.5 Å². The molecule has 2 heterocycles. The molecule has 1 aliphatic carbocycles. The Balaban J connectivity index is 1.40. The summed E-state index contributed by atoms with van der Waals surface area (Å²) in [6.07, 6.45) is 0.320. The number of alkyl halides is 3. The first-order valence-corrected chi connectivity index (χ1v) is 12.2. The van der Waals surface area contributed by atoms with E-state index in [0.29, 0.717) is 12.1 Å². The van der Waals surface area contributed by atoms with E-state index in [4.69, 9.17) is 5.73 Å². The monoisotopic (exact) mass is 508 g/mol. The molecule has 2 aromatic rings. The van der Waals surface area contributed by atoms with Gasteiger partial charge in [0.05, 0.1) is 11.1 Å². The number of likely N-dealkylation sites (tertiary alicyclic amines) is 1. The molecule has 0 bridgehead atoms. The number of amides is 1. The van der Waals surface area contributed by atoms with Crippen molar-refractivity contribution < 1.29 is 22.4 Å². The van der Waals surface area contributed by atoms with Crippen LogP contribution >= 0.6 is 0 Å². The highest BCUT2D eigenvalue weighted by Crippen LogP contribution is 2.35. The fourth-order valence-electron chi connectivity index (χ4n) is 4.54. The molecule has 2 fully saturated rings. The Hall–Kier alpha value is -2.95. The Morgan fingerprint density at radius 2 is 1.75 bits per heavy atom. The lowest BCUT2D eigenvalue weighted by Crippen LogP contribution is -2.56. The van der Waals surface area contributed by atoms with Crippen LogP contribution in [-0.2, 0) is 17.5 Å². The number of carbonyl (C=O) groups is 1. The summed E-state index contributed by atoms with van der Waals surface area (Å²) in [6.45, 7) is 5.87. The van der Waals surface area contributed by atoms with E-state index in [1.54, 1.807) is 4.90 Å². The van der Waals surface area contributed by atoms with Gasteiger partial charge in [0.2, 0.25) is 11.7 Å². The lowest BCUT2D eigenvalue weighted by Gasteiger charge is -2.41. The zero-order chi connectivity index (χ0) is 26.1. The number of carbonyl (C=O) groups excluding carboxylic acids is 1. The summed E-state index contributed by atoms with van der Waals surface area (Å²) in [7, 11) is 0. The summed E-state index contributed by atoms with van der Waals surface area (Å²) in [5.41, 5.74) is 4.75. The Morgan fingerprint density at radius 3 is 2.31 bits per heavy atom. The van der Waals surface area contributed by atoms with Crippen LogP contribution in [0, 0.1) is 11.7 Å². The van der Waals surface area contributed by atoms with Crippen molar-refractivity contribution in [3.05, 3.63) is 47.5 Å². The van der Waals surface area contributed by atoms with Gasteiger partial charge in [0.1, 0.15) is 6.33 Å². The molecule has 0 radical (unpaired) electrons. The third-order valence-electron chi connectivity index (χ3n) is 7.23. The highest BCUT2D eigenvalue weighted by atomic mass is 19.4. The average molecular weight is 509 g/mol. The Bertz CT molecular complexity index is 1060. The van der Waals surface area contributed by atoms with Gasteiger partial charge in [0, 0.05) is 19.1 Å². The van der Waals surface area contributed by atoms with Crippen molar-refractivity contribution in [2.75, 3.05) is 29.9 Å². The predicted octanol–water partition coefficient (Wildman–Crippen LogP) is 4.19. The molecule has 0 unspecified atom stereocenters. The molecule has 4 rings (SSSR count). The number of nitrogens with one attached hydrogen (secondary N) is 1. The van der Waals surface area contributed by atoms with Crippen molar-refractivity contribution in [2.24, 2.45) is 11.7 Å². The van der Waals surface area contributed by atoms with E-state index in [1.165, 1.54) is 18.5 Å². The minimum Gasteiger partial charge on any atom is -0.368 e. The number of halogens is 4. The molecule has 1 aliphatic heterocycles. The SMILES string of the molecule is CC(C)(C(N)=O)N1CCC(CNc2ncnc(N(Cc3ccc(C(F)(F)F)cc3)C3CC3)c2F)CC1. The maximum absolute atomic E-state index is 15.5. The van der Waals surface area contributed by atoms with Gasteiger partial charge in [-0.15, -0.1) is 0 Å². The summed E-state index contributed by atoms with van der Waals surface area (Å²) in [4.78, 5) is 23.9. The van der Waals surface area contributed by atoms with Crippen LogP contribution in [0.2, 0.25) is 0 Å². The lowest BCUT2D eigenvalue weighted by molar-refractivity contribution is -0.137. The molecular weight excluding hydrogens is 476 g/mol. The molecule has 3 N–H and O–H groups in total. The summed E-state index contributed by atoms with van der Waals surface area (Å²) >= 11 is 0. The molecule has 0 atom stereocenters. The number of hydrogen-bond acceptors (Lipinski definition) is 6. The van der Waals surface area contributed by atoms with Gasteiger partial charge < -0.3 is 16.0 Å². The van der Waals surface area contributed by atoms with Crippen molar-refractivity contribution in [2.45, 2.75) is 63.8 Å². The van der Waals surface area contributed by atoms with Gasteiger partial charge in [-0.05, 0) is 76.2 Å². The number of nitrogens with two attached hydrogens (primary N) is 1. The standard InChI is InChI=1S/C25H32F4N6O/c1-24(2,23(30)36)34-11-9-16(10-12-34)13-31-21-20(26)22(33-15-32-21)35(19-7-8-19)14-17-3-5-18(6-4-17)25(27,28)29/h3-6,15-16,19H,7-14H2,1-2H3,(H2,30,36)(H,31,32,33). The summed E-state index contributed by atoms with van der Waals surface area (Å²) in [6, 6.07) is 5.01. The van der Waals surface area contributed by atoms with Gasteiger partial charge in [-0.25, -0.2) is 9.97 Å². The lowest BCUT2D eigenvalue weighted by atomic mass is 9.92. The van der Waals surface area contributed by atoms with Crippen molar-refractivity contribution in [1.29, 1.82) is 0 Å². The van der Waals surface area contributed by atoms with E-state index in [2.05, 4.69) is 20.2 Å². The number of benzene rings is 1. The number of hydrogen-bond donors (Lipinski definition) is 2. The fourth-order valence-corrected chi connectivity index (χ4v) is 4.54. The molecule has 1 saturated carbocycles. The maximum atomic E-state index is 15.5. The van der Waals surface area contributed by atoms with E-state index in [-0.39, 0.29) is 36.0 Å². The van der Waals surface area contributed by atoms with Crippen LogP contribution in [-0.4, -0.2) is 52.0 Å². The summed E-state index contributed by atoms with van der Waals surface area (Å²) in [5, 5.41) is 3.11. The van der Waals surface area contributed by atoms with Crippen LogP contribution in [0.3, 0.4) is 0 Å². The van der Waals surface area contributed by atoms with Gasteiger partial charge in [0.15, 0.2) is 11.6 Å². The number of nitrogens with zero attached hydrogens (tertiary/aromatic N) is 4. The van der Waals surface area contributed by atoms with Crippen molar-refractivity contribution in [3.63, 3.8) is 0 Å². The molecule has 1 aromatic heterocycles. The van der Waals surface area contributed by atoms with Gasteiger partial charge in [-0.1, -0.05) is 12.1 Å². The molecule has 2 aliphatic rings. The quantitative estimate of drug-likeness (QED) is 0.494. The summed E-state index contributed by atoms with van der Waals surface area (Å²) in [5.74, 6) is -0.380. The molecule has 0 spiro atoms. The smallest absolute Gasteiger partial charge is 0.368 e. The number of rotatable bonds is 9. The van der Waals surface area contributed by atoms with Crippen LogP contribution in [0.5, 0.6) is 0 Å². The zero-order valence-electron chi connectivity index (χ0n) is 20.5. The highest BCUT2D eigenvalue weighted by molar-refractivity contribution is 5.83. The highest BCUT2D eigenvalue weighted by Gasteiger charge is 2.36. The van der Waals surface area contributed by atoms with E-state index in [0.717, 1.165) is 50.9 Å². The number of anilines is 2. The zero-order valence-corrected chi connectivity index (χ0v) is 20.5. The maximum Gasteiger partial charge on any atom is 0.416 e. The van der Waals surface area contributed by atoms with Crippen LogP contribution in [0.25, 0.3) is 0 Å². The second-order valence-electron chi connectivity index (χ2n) is 10.1. The Labute approximate surface area is 208 Å². The first-order valence-electron chi connectivity index (χ1n) is 12.2. The van der Waals surface area contributed by atoms with Gasteiger partial charge in [-0.3, -0.25) is 9.69 Å². The normalized spacial score (nSPS) is 17.7. The molecule has 36 heavy (non-hydrogen) atoms. The summed E-state index contributed by atoms with van der Waals surface area (Å²) < 4.78 is 54.1. The number of aromatic nitrogens is 2. The van der Waals surface area contributed by atoms with Crippen molar-refractivity contribution in [1.82, 2.24) is 14.9 Å². The van der Waals surface area contributed by atoms with Crippen LogP contribution < -0.4 is 16.0 Å². The second kappa shape index (κ2) is 10.2. The minimum absolute atomic E-state index is 0.0856. The van der Waals surface area contributed by atoms with Crippen LogP contribution in [0.4, 0.5) is 29.2 Å². The topological polar surface area (TPSA) is 87.4 Å². The molecule has 7 nitrogen and oxygen atoms in total. The van der Waals surface area contributed by atoms with Crippen molar-refractivity contribution in [3.8, 4) is 0 Å². The van der Waals surface area contributed by atoms with Gasteiger partial charge >= 0.3 is 6.18 Å².